The maximum Gasteiger partial charge on any atom is 0.349 e. The summed E-state index contributed by atoms with van der Waals surface area (Å²) in [6.07, 6.45) is -1.19. The van der Waals surface area contributed by atoms with Crippen LogP contribution in [0.5, 0.6) is 5.75 Å². The summed E-state index contributed by atoms with van der Waals surface area (Å²) >= 11 is 5.81. The number of hydrogen-bond acceptors (Lipinski definition) is 2. The lowest BCUT2D eigenvalue weighted by molar-refractivity contribution is -0.145. The second-order valence-corrected chi connectivity index (χ2v) is 4.23. The molecule has 1 atom stereocenters. The topological polar surface area (TPSA) is 46.5 Å². The standard InChI is InChI=1S/C14H10ClFO3/c15-11-8-10(16)6-7-12(11)19-13(14(17)18)9-4-2-1-3-5-9/h1-8,13H,(H,17,18). The summed E-state index contributed by atoms with van der Waals surface area (Å²) < 4.78 is 18.3. The lowest BCUT2D eigenvalue weighted by Crippen LogP contribution is -2.18. The molecule has 1 unspecified atom stereocenters. The van der Waals surface area contributed by atoms with E-state index in [1.807, 2.05) is 0 Å². The molecule has 0 aliphatic heterocycles. The predicted molar refractivity (Wildman–Crippen MR) is 68.9 cm³/mol. The third kappa shape index (κ3) is 3.23. The number of carbonyl (C=O) groups is 1. The molecule has 0 saturated heterocycles. The van der Waals surface area contributed by atoms with Gasteiger partial charge in [-0.25, -0.2) is 9.18 Å². The number of carboxylic acids is 1. The maximum atomic E-state index is 12.9. The van der Waals surface area contributed by atoms with Crippen LogP contribution in [0.15, 0.2) is 48.5 Å². The number of ether oxygens (including phenoxy) is 1. The van der Waals surface area contributed by atoms with Crippen LogP contribution >= 0.6 is 11.6 Å². The molecule has 0 aliphatic rings. The molecule has 2 aromatic carbocycles. The fourth-order valence-electron chi connectivity index (χ4n) is 1.59. The quantitative estimate of drug-likeness (QED) is 0.929. The molecular weight excluding hydrogens is 271 g/mol. The van der Waals surface area contributed by atoms with E-state index in [0.717, 1.165) is 12.1 Å². The molecule has 0 heterocycles. The summed E-state index contributed by atoms with van der Waals surface area (Å²) in [7, 11) is 0. The highest BCUT2D eigenvalue weighted by atomic mass is 35.5. The number of aliphatic carboxylic acids is 1. The van der Waals surface area contributed by atoms with Crippen molar-refractivity contribution >= 4 is 17.6 Å². The van der Waals surface area contributed by atoms with Crippen LogP contribution in [0.4, 0.5) is 4.39 Å². The Labute approximate surface area is 114 Å². The van der Waals surface area contributed by atoms with Crippen molar-refractivity contribution in [3.8, 4) is 5.75 Å². The van der Waals surface area contributed by atoms with Crippen LogP contribution < -0.4 is 4.74 Å². The SMILES string of the molecule is O=C(O)C(Oc1ccc(F)cc1Cl)c1ccccc1. The molecule has 0 radical (unpaired) electrons. The number of carboxylic acid groups (broad SMARTS) is 1. The van der Waals surface area contributed by atoms with E-state index in [0.29, 0.717) is 5.56 Å². The monoisotopic (exact) mass is 280 g/mol. The summed E-state index contributed by atoms with van der Waals surface area (Å²) in [6, 6.07) is 12.0. The van der Waals surface area contributed by atoms with Gasteiger partial charge in [-0.05, 0) is 18.2 Å². The van der Waals surface area contributed by atoms with E-state index in [9.17, 15) is 14.3 Å². The molecule has 5 heteroatoms. The first kappa shape index (κ1) is 13.4. The molecule has 2 rings (SSSR count). The molecule has 0 spiro atoms. The summed E-state index contributed by atoms with van der Waals surface area (Å²) in [6.45, 7) is 0. The smallest absolute Gasteiger partial charge is 0.349 e. The van der Waals surface area contributed by atoms with Gasteiger partial charge in [0.1, 0.15) is 11.6 Å². The first-order valence-corrected chi connectivity index (χ1v) is 5.85. The van der Waals surface area contributed by atoms with Crippen molar-refractivity contribution in [1.82, 2.24) is 0 Å². The van der Waals surface area contributed by atoms with Crippen LogP contribution in [0.2, 0.25) is 5.02 Å². The summed E-state index contributed by atoms with van der Waals surface area (Å²) in [5, 5.41) is 9.22. The third-order valence-corrected chi connectivity index (χ3v) is 2.76. The highest BCUT2D eigenvalue weighted by Crippen LogP contribution is 2.29. The average molecular weight is 281 g/mol. The fourth-order valence-corrected chi connectivity index (χ4v) is 1.80. The van der Waals surface area contributed by atoms with Crippen LogP contribution in [0.3, 0.4) is 0 Å². The van der Waals surface area contributed by atoms with Gasteiger partial charge in [0.25, 0.3) is 0 Å². The lowest BCUT2D eigenvalue weighted by Gasteiger charge is -2.16. The summed E-state index contributed by atoms with van der Waals surface area (Å²) in [5.41, 5.74) is 0.482. The number of benzene rings is 2. The normalized spacial score (nSPS) is 11.9. The molecule has 98 valence electrons. The van der Waals surface area contributed by atoms with Gasteiger partial charge in [0.05, 0.1) is 5.02 Å². The van der Waals surface area contributed by atoms with Crippen molar-refractivity contribution in [2.24, 2.45) is 0 Å². The Kier molecular flexibility index (Phi) is 4.02. The first-order chi connectivity index (χ1) is 9.08. The van der Waals surface area contributed by atoms with Gasteiger partial charge in [0.15, 0.2) is 0 Å². The van der Waals surface area contributed by atoms with Gasteiger partial charge in [-0.1, -0.05) is 41.9 Å². The predicted octanol–water partition coefficient (Wildman–Crippen LogP) is 3.68. The van der Waals surface area contributed by atoms with Crippen LogP contribution in [0.25, 0.3) is 0 Å². The second-order valence-electron chi connectivity index (χ2n) is 3.82. The molecule has 1 N–H and O–H groups in total. The van der Waals surface area contributed by atoms with Crippen LogP contribution in [-0.2, 0) is 4.79 Å². The number of rotatable bonds is 4. The zero-order valence-electron chi connectivity index (χ0n) is 9.72. The molecule has 0 aliphatic carbocycles. The van der Waals surface area contributed by atoms with Gasteiger partial charge < -0.3 is 9.84 Å². The molecule has 0 fully saturated rings. The Bertz CT molecular complexity index is 586. The van der Waals surface area contributed by atoms with Crippen molar-refractivity contribution in [1.29, 1.82) is 0 Å². The fraction of sp³-hybridized carbons (Fsp3) is 0.0714. The average Bonchev–Trinajstić information content (AvgIpc) is 2.38. The first-order valence-electron chi connectivity index (χ1n) is 5.47. The van der Waals surface area contributed by atoms with E-state index in [1.165, 1.54) is 6.07 Å². The van der Waals surface area contributed by atoms with Gasteiger partial charge >= 0.3 is 5.97 Å². The Balaban J connectivity index is 2.29. The minimum absolute atomic E-state index is 0.0298. The van der Waals surface area contributed by atoms with Gasteiger partial charge in [0, 0.05) is 5.56 Å². The van der Waals surface area contributed by atoms with Gasteiger partial charge in [-0.15, -0.1) is 0 Å². The molecule has 0 bridgehead atoms. The van der Waals surface area contributed by atoms with Crippen molar-refractivity contribution in [3.05, 3.63) is 64.9 Å². The Hall–Kier alpha value is -2.07. The van der Waals surface area contributed by atoms with Crippen LogP contribution in [0.1, 0.15) is 11.7 Å². The minimum atomic E-state index is -1.19. The summed E-state index contributed by atoms with van der Waals surface area (Å²) in [4.78, 5) is 11.2. The van der Waals surface area contributed by atoms with Crippen molar-refractivity contribution in [2.75, 3.05) is 0 Å². The zero-order chi connectivity index (χ0) is 13.8. The van der Waals surface area contributed by atoms with Crippen LogP contribution in [0, 0.1) is 5.82 Å². The third-order valence-electron chi connectivity index (χ3n) is 2.47. The lowest BCUT2D eigenvalue weighted by atomic mass is 10.1. The molecular formula is C14H10ClFO3. The van der Waals surface area contributed by atoms with E-state index in [-0.39, 0.29) is 10.8 Å². The highest BCUT2D eigenvalue weighted by molar-refractivity contribution is 6.32. The highest BCUT2D eigenvalue weighted by Gasteiger charge is 2.22. The summed E-state index contributed by atoms with van der Waals surface area (Å²) in [5.74, 6) is -1.53. The molecule has 3 nitrogen and oxygen atoms in total. The van der Waals surface area contributed by atoms with E-state index >= 15 is 0 Å². The zero-order valence-corrected chi connectivity index (χ0v) is 10.5. The largest absolute Gasteiger partial charge is 0.478 e. The molecule has 0 amide bonds. The minimum Gasteiger partial charge on any atom is -0.478 e. The molecule has 2 aromatic rings. The molecule has 19 heavy (non-hydrogen) atoms. The number of hydrogen-bond donors (Lipinski definition) is 1. The van der Waals surface area contributed by atoms with Gasteiger partial charge in [-0.2, -0.15) is 0 Å². The van der Waals surface area contributed by atoms with E-state index < -0.39 is 17.9 Å². The Morgan fingerprint density at radius 3 is 2.47 bits per heavy atom. The van der Waals surface area contributed by atoms with E-state index in [1.54, 1.807) is 30.3 Å². The van der Waals surface area contributed by atoms with E-state index in [2.05, 4.69) is 0 Å². The van der Waals surface area contributed by atoms with Gasteiger partial charge in [-0.3, -0.25) is 0 Å². The van der Waals surface area contributed by atoms with Gasteiger partial charge in [0.2, 0.25) is 6.10 Å². The van der Waals surface area contributed by atoms with Crippen molar-refractivity contribution < 1.29 is 19.0 Å². The molecule has 0 saturated carbocycles. The van der Waals surface area contributed by atoms with Crippen molar-refractivity contribution in [3.63, 3.8) is 0 Å². The molecule has 0 aromatic heterocycles. The second kappa shape index (κ2) is 5.71. The Morgan fingerprint density at radius 1 is 1.21 bits per heavy atom. The van der Waals surface area contributed by atoms with Crippen molar-refractivity contribution in [2.45, 2.75) is 6.10 Å². The number of halogens is 2. The maximum absolute atomic E-state index is 12.9. The van der Waals surface area contributed by atoms with E-state index in [4.69, 9.17) is 16.3 Å². The van der Waals surface area contributed by atoms with Crippen LogP contribution in [-0.4, -0.2) is 11.1 Å². The Morgan fingerprint density at radius 2 is 1.89 bits per heavy atom.